The molecule has 6 nitrogen and oxygen atoms in total. The van der Waals surface area contributed by atoms with Gasteiger partial charge in [0.15, 0.2) is 5.82 Å². The van der Waals surface area contributed by atoms with Gasteiger partial charge in [-0.3, -0.25) is 4.79 Å². The van der Waals surface area contributed by atoms with Crippen LogP contribution in [-0.2, 0) is 16.1 Å². The zero-order valence-electron chi connectivity index (χ0n) is 13.4. The van der Waals surface area contributed by atoms with Gasteiger partial charge < -0.3 is 14.2 Å². The highest BCUT2D eigenvalue weighted by atomic mass is 16.5. The Morgan fingerprint density at radius 3 is 2.91 bits per heavy atom. The van der Waals surface area contributed by atoms with Crippen LogP contribution in [0.3, 0.4) is 0 Å². The largest absolute Gasteiger partial charge is 0.369 e. The topological polar surface area (TPSA) is 68.5 Å². The van der Waals surface area contributed by atoms with Crippen LogP contribution in [0, 0.1) is 0 Å². The molecule has 6 heteroatoms. The Kier molecular flexibility index (Phi) is 4.71. The molecule has 0 saturated carbocycles. The maximum atomic E-state index is 12.2. The Labute approximate surface area is 135 Å². The lowest BCUT2D eigenvalue weighted by atomic mass is 10.1. The minimum absolute atomic E-state index is 0.0381. The van der Waals surface area contributed by atoms with Crippen molar-refractivity contribution in [3.63, 3.8) is 0 Å². The van der Waals surface area contributed by atoms with Crippen LogP contribution in [0.5, 0.6) is 0 Å². The molecule has 0 spiro atoms. The van der Waals surface area contributed by atoms with Crippen molar-refractivity contribution in [1.82, 2.24) is 10.1 Å². The molecular formula is C17H21N3O3. The molecule has 1 aromatic carbocycles. The molecule has 3 rings (SSSR count). The molecule has 0 unspecified atom stereocenters. The van der Waals surface area contributed by atoms with Crippen LogP contribution in [-0.4, -0.2) is 28.7 Å². The molecule has 2 heterocycles. The van der Waals surface area contributed by atoms with Crippen molar-refractivity contribution in [3.05, 3.63) is 42.0 Å². The Morgan fingerprint density at radius 2 is 2.17 bits per heavy atom. The Morgan fingerprint density at radius 1 is 1.39 bits per heavy atom. The van der Waals surface area contributed by atoms with Crippen molar-refractivity contribution in [1.29, 1.82) is 0 Å². The number of anilines is 1. The van der Waals surface area contributed by atoms with E-state index >= 15 is 0 Å². The third-order valence-electron chi connectivity index (χ3n) is 4.11. The van der Waals surface area contributed by atoms with Gasteiger partial charge in [0.2, 0.25) is 5.91 Å². The number of carbonyl (C=O) groups excluding carboxylic acids is 1. The van der Waals surface area contributed by atoms with Gasteiger partial charge in [0.05, 0.1) is 6.10 Å². The molecule has 0 bridgehead atoms. The third kappa shape index (κ3) is 3.59. The highest BCUT2D eigenvalue weighted by molar-refractivity contribution is 5.96. The van der Waals surface area contributed by atoms with Crippen molar-refractivity contribution >= 4 is 11.6 Å². The summed E-state index contributed by atoms with van der Waals surface area (Å²) in [6.07, 6.45) is 1.50. The van der Waals surface area contributed by atoms with E-state index in [1.165, 1.54) is 0 Å². The number of aromatic nitrogens is 2. The van der Waals surface area contributed by atoms with E-state index in [2.05, 4.69) is 17.1 Å². The average Bonchev–Trinajstić information content (AvgIpc) is 3.20. The van der Waals surface area contributed by atoms with Crippen LogP contribution >= 0.6 is 0 Å². The van der Waals surface area contributed by atoms with Gasteiger partial charge >= 0.3 is 0 Å². The molecule has 1 aromatic heterocycles. The van der Waals surface area contributed by atoms with Gasteiger partial charge in [0.1, 0.15) is 6.61 Å². The number of para-hydroxylation sites is 1. The maximum absolute atomic E-state index is 12.2. The van der Waals surface area contributed by atoms with Gasteiger partial charge in [-0.1, -0.05) is 30.3 Å². The highest BCUT2D eigenvalue weighted by Crippen LogP contribution is 2.30. The smallest absolute Gasteiger partial charge is 0.252 e. The summed E-state index contributed by atoms with van der Waals surface area (Å²) in [5.41, 5.74) is 0.906. The van der Waals surface area contributed by atoms with Crippen LogP contribution in [0.25, 0.3) is 0 Å². The molecule has 1 amide bonds. The summed E-state index contributed by atoms with van der Waals surface area (Å²) in [5.74, 6) is 1.10. The molecule has 1 aliphatic heterocycles. The van der Waals surface area contributed by atoms with Crippen molar-refractivity contribution < 1.29 is 14.1 Å². The molecule has 0 N–H and O–H groups in total. The second-order valence-electron chi connectivity index (χ2n) is 5.82. The summed E-state index contributed by atoms with van der Waals surface area (Å²) < 4.78 is 10.8. The Hall–Kier alpha value is -2.21. The van der Waals surface area contributed by atoms with Crippen LogP contribution in [0.2, 0.25) is 0 Å². The number of ether oxygens (including phenoxy) is 1. The predicted octanol–water partition coefficient (Wildman–Crippen LogP) is 2.91. The van der Waals surface area contributed by atoms with Crippen molar-refractivity contribution in [2.24, 2.45) is 0 Å². The first kappa shape index (κ1) is 15.7. The molecule has 2 atom stereocenters. The Balaban J connectivity index is 1.65. The third-order valence-corrected chi connectivity index (χ3v) is 4.11. The van der Waals surface area contributed by atoms with E-state index in [0.29, 0.717) is 31.3 Å². The first-order chi connectivity index (χ1) is 11.2. The summed E-state index contributed by atoms with van der Waals surface area (Å²) in [5, 5.41) is 4.02. The van der Waals surface area contributed by atoms with Gasteiger partial charge in [0.25, 0.3) is 5.89 Å². The van der Waals surface area contributed by atoms with Crippen LogP contribution in [0.15, 0.2) is 34.9 Å². The first-order valence-corrected chi connectivity index (χ1v) is 7.97. The number of hydrogen-bond donors (Lipinski definition) is 0. The lowest BCUT2D eigenvalue weighted by molar-refractivity contribution is -0.117. The van der Waals surface area contributed by atoms with E-state index in [1.807, 2.05) is 37.3 Å². The van der Waals surface area contributed by atoms with Crippen LogP contribution < -0.4 is 4.90 Å². The van der Waals surface area contributed by atoms with E-state index in [9.17, 15) is 4.79 Å². The predicted molar refractivity (Wildman–Crippen MR) is 85.0 cm³/mol. The number of hydrogen-bond acceptors (Lipinski definition) is 5. The molecule has 0 aliphatic carbocycles. The fraction of sp³-hybridized carbons (Fsp3) is 0.471. The summed E-state index contributed by atoms with van der Waals surface area (Å²) in [6, 6.07) is 9.65. The van der Waals surface area contributed by atoms with Crippen molar-refractivity contribution in [3.8, 4) is 0 Å². The number of nitrogens with zero attached hydrogens (tertiary/aromatic N) is 3. The quantitative estimate of drug-likeness (QED) is 0.820. The first-order valence-electron chi connectivity index (χ1n) is 7.97. The molecule has 1 saturated heterocycles. The highest BCUT2D eigenvalue weighted by Gasteiger charge is 2.34. The van der Waals surface area contributed by atoms with Gasteiger partial charge in [-0.05, 0) is 25.5 Å². The molecule has 122 valence electrons. The van der Waals surface area contributed by atoms with Gasteiger partial charge in [-0.2, -0.15) is 4.98 Å². The second kappa shape index (κ2) is 6.91. The molecule has 0 radical (unpaired) electrons. The van der Waals surface area contributed by atoms with Crippen LogP contribution in [0.1, 0.15) is 44.3 Å². The average molecular weight is 315 g/mol. The zero-order valence-corrected chi connectivity index (χ0v) is 13.4. The fourth-order valence-corrected chi connectivity index (χ4v) is 2.56. The lowest BCUT2D eigenvalue weighted by Crippen LogP contribution is -2.24. The minimum atomic E-state index is -0.0381. The van der Waals surface area contributed by atoms with E-state index in [-0.39, 0.29) is 17.9 Å². The summed E-state index contributed by atoms with van der Waals surface area (Å²) >= 11 is 0. The number of carbonyl (C=O) groups is 1. The normalized spacial score (nSPS) is 19.3. The van der Waals surface area contributed by atoms with Crippen LogP contribution in [0.4, 0.5) is 5.69 Å². The van der Waals surface area contributed by atoms with Crippen molar-refractivity contribution in [2.45, 2.75) is 45.3 Å². The second-order valence-corrected chi connectivity index (χ2v) is 5.82. The van der Waals surface area contributed by atoms with Gasteiger partial charge in [-0.15, -0.1) is 0 Å². The standard InChI is InChI=1S/C17H21N3O3/c1-3-12(2)22-11-15-18-17(19-23-15)13-9-16(21)20(10-13)14-7-5-4-6-8-14/h4-8,12-13H,3,9-11H2,1-2H3/t12-,13-/m1/s1. The number of rotatable bonds is 6. The lowest BCUT2D eigenvalue weighted by Gasteiger charge is -2.15. The maximum Gasteiger partial charge on any atom is 0.252 e. The van der Waals surface area contributed by atoms with E-state index in [4.69, 9.17) is 9.26 Å². The molecule has 23 heavy (non-hydrogen) atoms. The monoisotopic (exact) mass is 315 g/mol. The van der Waals surface area contributed by atoms with E-state index in [0.717, 1.165) is 12.1 Å². The summed E-state index contributed by atoms with van der Waals surface area (Å²) in [7, 11) is 0. The van der Waals surface area contributed by atoms with E-state index in [1.54, 1.807) is 4.90 Å². The molecule has 1 aliphatic rings. The molecule has 1 fully saturated rings. The minimum Gasteiger partial charge on any atom is -0.369 e. The number of amides is 1. The zero-order chi connectivity index (χ0) is 16.2. The summed E-state index contributed by atoms with van der Waals surface area (Å²) in [4.78, 5) is 18.4. The SMILES string of the molecule is CC[C@@H](C)OCc1nc([C@@H]2CC(=O)N(c3ccccc3)C2)no1. The van der Waals surface area contributed by atoms with Gasteiger partial charge in [-0.25, -0.2) is 0 Å². The Bertz CT molecular complexity index is 656. The van der Waals surface area contributed by atoms with Crippen molar-refractivity contribution in [2.75, 3.05) is 11.4 Å². The van der Waals surface area contributed by atoms with E-state index < -0.39 is 0 Å². The molecule has 2 aromatic rings. The summed E-state index contributed by atoms with van der Waals surface area (Å²) in [6.45, 7) is 4.95. The number of benzene rings is 1. The van der Waals surface area contributed by atoms with Gasteiger partial charge in [0, 0.05) is 24.6 Å². The fourth-order valence-electron chi connectivity index (χ4n) is 2.56. The molecular weight excluding hydrogens is 294 g/mol.